The smallest absolute Gasteiger partial charge is 0.178 e. The molecule has 6 nitrogen and oxygen atoms in total. The van der Waals surface area contributed by atoms with Crippen LogP contribution < -0.4 is 4.90 Å². The second kappa shape index (κ2) is 9.47. The van der Waals surface area contributed by atoms with Gasteiger partial charge in [-0.2, -0.15) is 10.5 Å². The van der Waals surface area contributed by atoms with E-state index in [0.717, 1.165) is 54.8 Å². The van der Waals surface area contributed by atoms with Crippen molar-refractivity contribution in [2.24, 2.45) is 0 Å². The van der Waals surface area contributed by atoms with Crippen LogP contribution in [0.25, 0.3) is 10.9 Å². The Kier molecular flexibility index (Phi) is 6.31. The van der Waals surface area contributed by atoms with Crippen LogP contribution in [0.1, 0.15) is 28.8 Å². The zero-order chi connectivity index (χ0) is 21.6. The van der Waals surface area contributed by atoms with Crippen molar-refractivity contribution in [3.63, 3.8) is 0 Å². The van der Waals surface area contributed by atoms with Gasteiger partial charge in [-0.15, -0.1) is 0 Å². The standard InChI is InChI=1S/C25H25N5O/c26-11-3-13-30-18-23(22-5-1-2-6-24(22)30)25(31)19-28-12-4-14-29(16-15-28)21-9-7-20(17-27)8-10-21/h1-2,5-10,18H,3-4,12-16,19H2. The first-order valence-corrected chi connectivity index (χ1v) is 10.6. The minimum absolute atomic E-state index is 0.124. The van der Waals surface area contributed by atoms with E-state index in [-0.39, 0.29) is 5.78 Å². The number of nitrogens with zero attached hydrogens (tertiary/aromatic N) is 5. The highest BCUT2D eigenvalue weighted by atomic mass is 16.1. The first kappa shape index (κ1) is 20.7. The topological polar surface area (TPSA) is 76.1 Å². The third-order valence-corrected chi connectivity index (χ3v) is 5.87. The summed E-state index contributed by atoms with van der Waals surface area (Å²) in [7, 11) is 0. The minimum atomic E-state index is 0.124. The maximum atomic E-state index is 13.2. The molecular formula is C25H25N5O. The lowest BCUT2D eigenvalue weighted by Crippen LogP contribution is -2.34. The zero-order valence-corrected chi connectivity index (χ0v) is 17.5. The zero-order valence-electron chi connectivity index (χ0n) is 17.5. The number of Topliss-reactive ketones (excluding diaryl/α,β-unsaturated/α-hetero) is 1. The molecule has 31 heavy (non-hydrogen) atoms. The van der Waals surface area contributed by atoms with Gasteiger partial charge in [-0.3, -0.25) is 9.69 Å². The van der Waals surface area contributed by atoms with Gasteiger partial charge in [0.25, 0.3) is 0 Å². The van der Waals surface area contributed by atoms with E-state index in [0.29, 0.717) is 25.1 Å². The predicted octanol–water partition coefficient (Wildman–Crippen LogP) is 3.82. The van der Waals surface area contributed by atoms with Gasteiger partial charge in [0.15, 0.2) is 5.78 Å². The Morgan fingerprint density at radius 3 is 2.55 bits per heavy atom. The summed E-state index contributed by atoms with van der Waals surface area (Å²) in [6, 6.07) is 19.9. The van der Waals surface area contributed by atoms with Crippen LogP contribution in [0.3, 0.4) is 0 Å². The van der Waals surface area contributed by atoms with Crippen molar-refractivity contribution < 1.29 is 4.79 Å². The Labute approximate surface area is 182 Å². The fraction of sp³-hybridized carbons (Fsp3) is 0.320. The van der Waals surface area contributed by atoms with Gasteiger partial charge in [-0.1, -0.05) is 18.2 Å². The molecule has 2 heterocycles. The number of hydrogen-bond acceptors (Lipinski definition) is 5. The fourth-order valence-corrected chi connectivity index (χ4v) is 4.25. The Morgan fingerprint density at radius 2 is 1.77 bits per heavy atom. The van der Waals surface area contributed by atoms with Crippen molar-refractivity contribution in [1.29, 1.82) is 10.5 Å². The number of aryl methyl sites for hydroxylation is 1. The SMILES string of the molecule is N#CCCn1cc(C(=O)CN2CCCN(c3ccc(C#N)cc3)CC2)c2ccccc21. The summed E-state index contributed by atoms with van der Waals surface area (Å²) >= 11 is 0. The van der Waals surface area contributed by atoms with E-state index in [1.807, 2.05) is 59.3 Å². The van der Waals surface area contributed by atoms with E-state index in [4.69, 9.17) is 10.5 Å². The number of hydrogen-bond donors (Lipinski definition) is 0. The number of ketones is 1. The van der Waals surface area contributed by atoms with Crippen molar-refractivity contribution in [3.8, 4) is 12.1 Å². The second-order valence-corrected chi connectivity index (χ2v) is 7.86. The summed E-state index contributed by atoms with van der Waals surface area (Å²) in [5.74, 6) is 0.124. The lowest BCUT2D eigenvalue weighted by molar-refractivity contribution is 0.0936. The number of rotatable bonds is 6. The largest absolute Gasteiger partial charge is 0.370 e. The molecule has 156 valence electrons. The number of para-hydroxylation sites is 1. The Hall–Kier alpha value is -3.61. The summed E-state index contributed by atoms with van der Waals surface area (Å²) in [5, 5.41) is 18.9. The molecule has 0 radical (unpaired) electrons. The van der Waals surface area contributed by atoms with Gasteiger partial charge in [-0.25, -0.2) is 0 Å². The molecule has 1 aliphatic heterocycles. The molecular weight excluding hydrogens is 386 g/mol. The highest BCUT2D eigenvalue weighted by Crippen LogP contribution is 2.23. The van der Waals surface area contributed by atoms with Crippen LogP contribution in [0.5, 0.6) is 0 Å². The van der Waals surface area contributed by atoms with Crippen molar-refractivity contribution in [3.05, 3.63) is 65.9 Å². The number of fused-ring (bicyclic) bond motifs is 1. The molecule has 0 bridgehead atoms. The molecule has 1 aliphatic rings. The van der Waals surface area contributed by atoms with Gasteiger partial charge in [0.05, 0.1) is 30.7 Å². The summed E-state index contributed by atoms with van der Waals surface area (Å²) in [4.78, 5) is 17.7. The molecule has 1 saturated heterocycles. The molecule has 0 saturated carbocycles. The second-order valence-electron chi connectivity index (χ2n) is 7.86. The summed E-state index contributed by atoms with van der Waals surface area (Å²) < 4.78 is 2.01. The van der Waals surface area contributed by atoms with Gasteiger partial charge >= 0.3 is 0 Å². The number of anilines is 1. The van der Waals surface area contributed by atoms with Crippen molar-refractivity contribution in [2.75, 3.05) is 37.6 Å². The van der Waals surface area contributed by atoms with Crippen LogP contribution in [0.2, 0.25) is 0 Å². The third-order valence-electron chi connectivity index (χ3n) is 5.87. The van der Waals surface area contributed by atoms with E-state index in [1.54, 1.807) is 0 Å². The Bertz CT molecular complexity index is 1150. The molecule has 6 heteroatoms. The van der Waals surface area contributed by atoms with E-state index >= 15 is 0 Å². The summed E-state index contributed by atoms with van der Waals surface area (Å²) in [6.07, 6.45) is 3.31. The number of nitriles is 2. The van der Waals surface area contributed by atoms with Crippen LogP contribution in [0, 0.1) is 22.7 Å². The molecule has 0 atom stereocenters. The van der Waals surface area contributed by atoms with Gasteiger partial charge in [-0.05, 0) is 36.8 Å². The van der Waals surface area contributed by atoms with Gasteiger partial charge in [0.1, 0.15) is 0 Å². The van der Waals surface area contributed by atoms with Crippen LogP contribution in [-0.4, -0.2) is 48.0 Å². The maximum absolute atomic E-state index is 13.2. The van der Waals surface area contributed by atoms with E-state index in [1.165, 1.54) is 0 Å². The molecule has 0 unspecified atom stereocenters. The average molecular weight is 412 g/mol. The van der Waals surface area contributed by atoms with Gasteiger partial charge in [0, 0.05) is 61.1 Å². The maximum Gasteiger partial charge on any atom is 0.178 e. The van der Waals surface area contributed by atoms with Crippen molar-refractivity contribution in [1.82, 2.24) is 9.47 Å². The number of carbonyl (C=O) groups is 1. The minimum Gasteiger partial charge on any atom is -0.370 e. The average Bonchev–Trinajstić information content (AvgIpc) is 3.02. The first-order valence-electron chi connectivity index (χ1n) is 10.6. The molecule has 1 aromatic heterocycles. The van der Waals surface area contributed by atoms with Crippen LogP contribution in [0.15, 0.2) is 54.7 Å². The van der Waals surface area contributed by atoms with Gasteiger partial charge < -0.3 is 9.47 Å². The predicted molar refractivity (Wildman–Crippen MR) is 121 cm³/mol. The van der Waals surface area contributed by atoms with Crippen LogP contribution in [0.4, 0.5) is 5.69 Å². The summed E-state index contributed by atoms with van der Waals surface area (Å²) in [6.45, 7) is 4.47. The molecule has 3 aromatic rings. The van der Waals surface area contributed by atoms with E-state index in [2.05, 4.69) is 21.9 Å². The quantitative estimate of drug-likeness (QED) is 0.577. The monoisotopic (exact) mass is 411 g/mol. The van der Waals surface area contributed by atoms with E-state index < -0.39 is 0 Å². The lowest BCUT2D eigenvalue weighted by atomic mass is 10.1. The van der Waals surface area contributed by atoms with E-state index in [9.17, 15) is 4.79 Å². The molecule has 0 aliphatic carbocycles. The number of aromatic nitrogens is 1. The Morgan fingerprint density at radius 1 is 0.968 bits per heavy atom. The number of carbonyl (C=O) groups excluding carboxylic acids is 1. The lowest BCUT2D eigenvalue weighted by Gasteiger charge is -2.23. The van der Waals surface area contributed by atoms with Crippen molar-refractivity contribution >= 4 is 22.4 Å². The molecule has 0 N–H and O–H groups in total. The molecule has 0 spiro atoms. The number of benzene rings is 2. The van der Waals surface area contributed by atoms with Crippen LogP contribution in [-0.2, 0) is 6.54 Å². The molecule has 2 aromatic carbocycles. The first-order chi connectivity index (χ1) is 15.2. The summed E-state index contributed by atoms with van der Waals surface area (Å²) in [5.41, 5.74) is 3.53. The highest BCUT2D eigenvalue weighted by molar-refractivity contribution is 6.09. The van der Waals surface area contributed by atoms with Crippen LogP contribution >= 0.6 is 0 Å². The molecule has 1 fully saturated rings. The van der Waals surface area contributed by atoms with Crippen molar-refractivity contribution in [2.45, 2.75) is 19.4 Å². The Balaban J connectivity index is 1.44. The highest BCUT2D eigenvalue weighted by Gasteiger charge is 2.20. The van der Waals surface area contributed by atoms with Gasteiger partial charge in [0.2, 0.25) is 0 Å². The fourth-order valence-electron chi connectivity index (χ4n) is 4.25. The molecule has 0 amide bonds. The normalized spacial score (nSPS) is 14.7. The molecule has 4 rings (SSSR count). The third kappa shape index (κ3) is 4.60.